The zero-order valence-corrected chi connectivity index (χ0v) is 10.6. The fraction of sp³-hybridized carbons (Fsp3) is 0.400. The molecule has 0 N–H and O–H groups in total. The van der Waals surface area contributed by atoms with E-state index in [0.29, 0.717) is 5.39 Å². The average molecular weight is 243 g/mol. The summed E-state index contributed by atoms with van der Waals surface area (Å²) >= 11 is 0. The average Bonchev–Trinajstić information content (AvgIpc) is 2.41. The highest BCUT2D eigenvalue weighted by Crippen LogP contribution is 2.24. The molecule has 0 bridgehead atoms. The summed E-state index contributed by atoms with van der Waals surface area (Å²) in [6.45, 7) is 3.95. The second kappa shape index (κ2) is 4.48. The van der Waals surface area contributed by atoms with Crippen LogP contribution < -0.4 is 10.3 Å². The van der Waals surface area contributed by atoms with Gasteiger partial charge in [-0.2, -0.15) is 0 Å². The molecule has 0 radical (unpaired) electrons. The lowest BCUT2D eigenvalue weighted by Crippen LogP contribution is -2.30. The van der Waals surface area contributed by atoms with Crippen LogP contribution >= 0.6 is 0 Å². The molecule has 0 spiro atoms. The predicted molar refractivity (Wildman–Crippen MR) is 73.3 cm³/mol. The lowest BCUT2D eigenvalue weighted by Gasteiger charge is -2.27. The molecule has 2 aromatic rings. The summed E-state index contributed by atoms with van der Waals surface area (Å²) in [5.74, 6) is 0.724. The number of aryl methyl sites for hydroxylation is 1. The Morgan fingerprint density at radius 2 is 1.94 bits per heavy atom. The Hall–Kier alpha value is -1.77. The molecule has 0 atom stereocenters. The number of hydrogen-bond donors (Lipinski definition) is 0. The van der Waals surface area contributed by atoms with E-state index in [1.54, 1.807) is 6.07 Å². The second-order valence-electron chi connectivity index (χ2n) is 4.95. The molecule has 0 unspecified atom stereocenters. The number of rotatable bonds is 1. The Labute approximate surface area is 106 Å². The van der Waals surface area contributed by atoms with Crippen molar-refractivity contribution >= 4 is 16.9 Å². The summed E-state index contributed by atoms with van der Waals surface area (Å²) in [6, 6.07) is 7.33. The first-order valence-corrected chi connectivity index (χ1v) is 6.54. The summed E-state index contributed by atoms with van der Waals surface area (Å²) in [7, 11) is 0. The van der Waals surface area contributed by atoms with E-state index in [4.69, 9.17) is 4.42 Å². The van der Waals surface area contributed by atoms with Crippen LogP contribution in [0.15, 0.2) is 33.5 Å². The van der Waals surface area contributed by atoms with E-state index in [-0.39, 0.29) is 5.43 Å². The Bertz CT molecular complexity index is 624. The van der Waals surface area contributed by atoms with Gasteiger partial charge in [-0.05, 0) is 37.8 Å². The summed E-state index contributed by atoms with van der Waals surface area (Å²) < 4.78 is 5.94. The zero-order valence-electron chi connectivity index (χ0n) is 10.6. The van der Waals surface area contributed by atoms with Crippen LogP contribution in [0.25, 0.3) is 11.0 Å². The molecule has 1 saturated heterocycles. The molecule has 3 nitrogen and oxygen atoms in total. The van der Waals surface area contributed by atoms with Gasteiger partial charge >= 0.3 is 0 Å². The van der Waals surface area contributed by atoms with Crippen LogP contribution in [0.5, 0.6) is 0 Å². The van der Waals surface area contributed by atoms with Gasteiger partial charge in [0.15, 0.2) is 11.3 Å². The van der Waals surface area contributed by atoms with E-state index in [1.807, 2.05) is 25.1 Å². The molecule has 0 aliphatic carbocycles. The standard InChI is InChI=1S/C15H17NO2/c1-11-6-5-7-12-13(17)10-14(18-15(11)12)16-8-3-2-4-9-16/h5-7,10H,2-4,8-9H2,1H3. The quantitative estimate of drug-likeness (QED) is 0.771. The molecule has 94 valence electrons. The van der Waals surface area contributed by atoms with Gasteiger partial charge in [-0.1, -0.05) is 12.1 Å². The van der Waals surface area contributed by atoms with Crippen molar-refractivity contribution in [3.05, 3.63) is 40.1 Å². The lowest BCUT2D eigenvalue weighted by molar-refractivity contribution is 0.512. The molecule has 18 heavy (non-hydrogen) atoms. The van der Waals surface area contributed by atoms with Gasteiger partial charge < -0.3 is 9.32 Å². The number of fused-ring (bicyclic) bond motifs is 1. The number of benzene rings is 1. The monoisotopic (exact) mass is 243 g/mol. The van der Waals surface area contributed by atoms with Crippen molar-refractivity contribution in [1.29, 1.82) is 0 Å². The third-order valence-corrected chi connectivity index (χ3v) is 3.61. The largest absolute Gasteiger partial charge is 0.440 e. The highest BCUT2D eigenvalue weighted by molar-refractivity contribution is 5.80. The molecule has 1 aliphatic heterocycles. The lowest BCUT2D eigenvalue weighted by atomic mass is 10.1. The van der Waals surface area contributed by atoms with Crippen LogP contribution in [-0.4, -0.2) is 13.1 Å². The van der Waals surface area contributed by atoms with Gasteiger partial charge in [0.2, 0.25) is 0 Å². The molecule has 3 rings (SSSR count). The first-order chi connectivity index (χ1) is 8.75. The van der Waals surface area contributed by atoms with Gasteiger partial charge in [0, 0.05) is 19.2 Å². The molecule has 1 aromatic heterocycles. The van der Waals surface area contributed by atoms with Gasteiger partial charge in [0.25, 0.3) is 0 Å². The molecule has 1 aliphatic rings. The number of nitrogens with zero attached hydrogens (tertiary/aromatic N) is 1. The van der Waals surface area contributed by atoms with Crippen LogP contribution in [0.1, 0.15) is 24.8 Å². The smallest absolute Gasteiger partial charge is 0.199 e. The van der Waals surface area contributed by atoms with Gasteiger partial charge in [-0.15, -0.1) is 0 Å². The van der Waals surface area contributed by atoms with Crippen LogP contribution in [0.2, 0.25) is 0 Å². The van der Waals surface area contributed by atoms with E-state index in [9.17, 15) is 4.79 Å². The van der Waals surface area contributed by atoms with Crippen LogP contribution in [0, 0.1) is 6.92 Å². The van der Waals surface area contributed by atoms with E-state index < -0.39 is 0 Å². The third kappa shape index (κ3) is 1.90. The normalized spacial score (nSPS) is 16.2. The van der Waals surface area contributed by atoms with Gasteiger partial charge in [0.05, 0.1) is 5.39 Å². The third-order valence-electron chi connectivity index (χ3n) is 3.61. The van der Waals surface area contributed by atoms with Crippen molar-refractivity contribution in [2.75, 3.05) is 18.0 Å². The van der Waals surface area contributed by atoms with Crippen molar-refractivity contribution in [3.8, 4) is 0 Å². The number of anilines is 1. The van der Waals surface area contributed by atoms with E-state index >= 15 is 0 Å². The van der Waals surface area contributed by atoms with Gasteiger partial charge in [0.1, 0.15) is 5.58 Å². The van der Waals surface area contributed by atoms with E-state index in [2.05, 4.69) is 4.90 Å². The van der Waals surface area contributed by atoms with Gasteiger partial charge in [-0.3, -0.25) is 4.79 Å². The van der Waals surface area contributed by atoms with Crippen molar-refractivity contribution < 1.29 is 4.42 Å². The molecule has 1 aromatic carbocycles. The maximum Gasteiger partial charge on any atom is 0.199 e. The van der Waals surface area contributed by atoms with Gasteiger partial charge in [-0.25, -0.2) is 0 Å². The van der Waals surface area contributed by atoms with Crippen molar-refractivity contribution in [2.45, 2.75) is 26.2 Å². The molecule has 3 heteroatoms. The first kappa shape index (κ1) is 11.3. The molecule has 0 amide bonds. The van der Waals surface area contributed by atoms with E-state index in [1.165, 1.54) is 19.3 Å². The minimum absolute atomic E-state index is 0.0560. The topological polar surface area (TPSA) is 33.5 Å². The minimum atomic E-state index is 0.0560. The summed E-state index contributed by atoms with van der Waals surface area (Å²) in [6.07, 6.45) is 3.62. The fourth-order valence-electron chi connectivity index (χ4n) is 2.58. The number of hydrogen-bond acceptors (Lipinski definition) is 3. The highest BCUT2D eigenvalue weighted by atomic mass is 16.4. The first-order valence-electron chi connectivity index (χ1n) is 6.54. The Morgan fingerprint density at radius 1 is 1.17 bits per heavy atom. The van der Waals surface area contributed by atoms with Crippen molar-refractivity contribution in [3.63, 3.8) is 0 Å². The molecule has 2 heterocycles. The van der Waals surface area contributed by atoms with E-state index in [0.717, 1.165) is 30.1 Å². The number of para-hydroxylation sites is 1. The molecular formula is C15H17NO2. The highest BCUT2D eigenvalue weighted by Gasteiger charge is 2.15. The molecule has 0 saturated carbocycles. The summed E-state index contributed by atoms with van der Waals surface area (Å²) in [4.78, 5) is 14.3. The second-order valence-corrected chi connectivity index (χ2v) is 4.95. The Morgan fingerprint density at radius 3 is 2.72 bits per heavy atom. The van der Waals surface area contributed by atoms with Crippen molar-refractivity contribution in [1.82, 2.24) is 0 Å². The SMILES string of the molecule is Cc1cccc2c(=O)cc(N3CCCCC3)oc12. The van der Waals surface area contributed by atoms with Crippen LogP contribution in [0.3, 0.4) is 0 Å². The zero-order chi connectivity index (χ0) is 12.5. The van der Waals surface area contributed by atoms with Crippen LogP contribution in [-0.2, 0) is 0 Å². The van der Waals surface area contributed by atoms with Crippen LogP contribution in [0.4, 0.5) is 5.88 Å². The molecule has 1 fully saturated rings. The summed E-state index contributed by atoms with van der Waals surface area (Å²) in [5, 5.41) is 0.677. The molecular weight excluding hydrogens is 226 g/mol. The summed E-state index contributed by atoms with van der Waals surface area (Å²) in [5.41, 5.74) is 1.80. The Kier molecular flexibility index (Phi) is 2.82. The maximum absolute atomic E-state index is 12.1. The maximum atomic E-state index is 12.1. The fourth-order valence-corrected chi connectivity index (χ4v) is 2.58. The van der Waals surface area contributed by atoms with Crippen molar-refractivity contribution in [2.24, 2.45) is 0 Å². The minimum Gasteiger partial charge on any atom is -0.440 e. The number of piperidine rings is 1. The Balaban J connectivity index is 2.14. The predicted octanol–water partition coefficient (Wildman–Crippen LogP) is 3.09.